The van der Waals surface area contributed by atoms with Crippen molar-refractivity contribution in [3.05, 3.63) is 76.9 Å². The molecule has 3 rings (SSSR count). The monoisotopic (exact) mass is 276 g/mol. The molecule has 1 fully saturated rings. The number of benzene rings is 2. The first-order chi connectivity index (χ1) is 10.1. The Bertz CT molecular complexity index is 697. The molecule has 1 aliphatic rings. The first kappa shape index (κ1) is 13.8. The van der Waals surface area contributed by atoms with Gasteiger partial charge in [-0.25, -0.2) is 0 Å². The van der Waals surface area contributed by atoms with Gasteiger partial charge in [0.2, 0.25) is 0 Å². The highest BCUT2D eigenvalue weighted by Gasteiger charge is 2.41. The molecule has 106 valence electrons. The molecule has 0 aliphatic heterocycles. The fraction of sp³-hybridized carbons (Fsp3) is 0.250. The SMILES string of the molecule is Cc1cccc(C2(C)CC(=Cc3ccccc3)CC2=O)c1. The topological polar surface area (TPSA) is 17.1 Å². The average molecular weight is 276 g/mol. The summed E-state index contributed by atoms with van der Waals surface area (Å²) in [5.74, 6) is 0.329. The molecule has 2 aromatic carbocycles. The van der Waals surface area contributed by atoms with Crippen LogP contribution in [0.4, 0.5) is 0 Å². The van der Waals surface area contributed by atoms with Crippen LogP contribution in [0.3, 0.4) is 0 Å². The molecule has 0 saturated heterocycles. The van der Waals surface area contributed by atoms with E-state index in [4.69, 9.17) is 0 Å². The first-order valence-corrected chi connectivity index (χ1v) is 7.43. The highest BCUT2D eigenvalue weighted by atomic mass is 16.1. The zero-order valence-electron chi connectivity index (χ0n) is 12.6. The van der Waals surface area contributed by atoms with E-state index in [0.717, 1.165) is 12.0 Å². The largest absolute Gasteiger partial charge is 0.298 e. The number of carbonyl (C=O) groups is 1. The molecule has 0 N–H and O–H groups in total. The molecular formula is C20H20O. The summed E-state index contributed by atoms with van der Waals surface area (Å²) >= 11 is 0. The third-order valence-electron chi connectivity index (χ3n) is 4.41. The van der Waals surface area contributed by atoms with Crippen molar-refractivity contribution < 1.29 is 4.79 Å². The predicted octanol–water partition coefficient (Wildman–Crippen LogP) is 4.70. The van der Waals surface area contributed by atoms with E-state index in [1.54, 1.807) is 0 Å². The summed E-state index contributed by atoms with van der Waals surface area (Å²) in [6.45, 7) is 4.16. The Morgan fingerprint density at radius 3 is 2.52 bits per heavy atom. The van der Waals surface area contributed by atoms with Crippen molar-refractivity contribution in [3.63, 3.8) is 0 Å². The molecule has 1 atom stereocenters. The molecule has 21 heavy (non-hydrogen) atoms. The van der Waals surface area contributed by atoms with Crippen molar-refractivity contribution in [2.45, 2.75) is 32.1 Å². The summed E-state index contributed by atoms with van der Waals surface area (Å²) in [7, 11) is 0. The number of ketones is 1. The van der Waals surface area contributed by atoms with Crippen LogP contribution in [0.2, 0.25) is 0 Å². The third-order valence-corrected chi connectivity index (χ3v) is 4.41. The Labute approximate surface area is 126 Å². The minimum absolute atomic E-state index is 0.329. The van der Waals surface area contributed by atoms with Crippen molar-refractivity contribution in [3.8, 4) is 0 Å². The van der Waals surface area contributed by atoms with E-state index in [0.29, 0.717) is 12.2 Å². The number of carbonyl (C=O) groups excluding carboxylic acids is 1. The second-order valence-corrected chi connectivity index (χ2v) is 6.19. The zero-order valence-corrected chi connectivity index (χ0v) is 12.6. The summed E-state index contributed by atoms with van der Waals surface area (Å²) in [5, 5.41) is 0. The van der Waals surface area contributed by atoms with Gasteiger partial charge in [0.25, 0.3) is 0 Å². The molecule has 1 heteroatoms. The lowest BCUT2D eigenvalue weighted by atomic mass is 9.79. The van der Waals surface area contributed by atoms with Gasteiger partial charge in [-0.3, -0.25) is 4.79 Å². The van der Waals surface area contributed by atoms with Gasteiger partial charge in [0, 0.05) is 6.42 Å². The van der Waals surface area contributed by atoms with E-state index >= 15 is 0 Å². The number of rotatable bonds is 2. The number of Topliss-reactive ketones (excluding diaryl/α,β-unsaturated/α-hetero) is 1. The van der Waals surface area contributed by atoms with Gasteiger partial charge in [-0.15, -0.1) is 0 Å². The second-order valence-electron chi connectivity index (χ2n) is 6.19. The standard InChI is InChI=1S/C20H20O/c1-15-7-6-10-18(11-15)20(2)14-17(13-19(20)21)12-16-8-4-3-5-9-16/h3-12H,13-14H2,1-2H3. The quantitative estimate of drug-likeness (QED) is 0.777. The van der Waals surface area contributed by atoms with Crippen LogP contribution in [-0.2, 0) is 10.2 Å². The lowest BCUT2D eigenvalue weighted by molar-refractivity contribution is -0.121. The molecular weight excluding hydrogens is 256 g/mol. The maximum atomic E-state index is 12.6. The van der Waals surface area contributed by atoms with Crippen molar-refractivity contribution in [1.82, 2.24) is 0 Å². The lowest BCUT2D eigenvalue weighted by Gasteiger charge is -2.22. The van der Waals surface area contributed by atoms with Crippen molar-refractivity contribution in [1.29, 1.82) is 0 Å². The number of allylic oxidation sites excluding steroid dienone is 1. The van der Waals surface area contributed by atoms with Crippen LogP contribution < -0.4 is 0 Å². The summed E-state index contributed by atoms with van der Waals surface area (Å²) in [5.41, 5.74) is 4.39. The molecule has 0 radical (unpaired) electrons. The van der Waals surface area contributed by atoms with Crippen LogP contribution in [-0.4, -0.2) is 5.78 Å². The molecule has 1 unspecified atom stereocenters. The Hall–Kier alpha value is -2.15. The highest BCUT2D eigenvalue weighted by Crippen LogP contribution is 2.41. The molecule has 0 heterocycles. The van der Waals surface area contributed by atoms with Gasteiger partial charge in [0.05, 0.1) is 5.41 Å². The minimum atomic E-state index is -0.368. The van der Waals surface area contributed by atoms with E-state index in [-0.39, 0.29) is 5.41 Å². The van der Waals surface area contributed by atoms with Crippen LogP contribution >= 0.6 is 0 Å². The van der Waals surface area contributed by atoms with Gasteiger partial charge in [-0.2, -0.15) is 0 Å². The summed E-state index contributed by atoms with van der Waals surface area (Å²) in [6.07, 6.45) is 3.56. The maximum Gasteiger partial charge on any atom is 0.147 e. The molecule has 2 aromatic rings. The van der Waals surface area contributed by atoms with Gasteiger partial charge >= 0.3 is 0 Å². The number of hydrogen-bond acceptors (Lipinski definition) is 1. The van der Waals surface area contributed by atoms with Crippen LogP contribution in [0.1, 0.15) is 36.5 Å². The second kappa shape index (κ2) is 5.33. The Morgan fingerprint density at radius 1 is 1.05 bits per heavy atom. The molecule has 0 bridgehead atoms. The first-order valence-electron chi connectivity index (χ1n) is 7.43. The molecule has 0 aromatic heterocycles. The Balaban J connectivity index is 1.93. The van der Waals surface area contributed by atoms with E-state index < -0.39 is 0 Å². The van der Waals surface area contributed by atoms with Gasteiger partial charge in [0.1, 0.15) is 5.78 Å². The fourth-order valence-corrected chi connectivity index (χ4v) is 3.15. The smallest absolute Gasteiger partial charge is 0.147 e. The normalized spacial score (nSPS) is 23.7. The van der Waals surface area contributed by atoms with Gasteiger partial charge in [-0.05, 0) is 31.4 Å². The molecule has 1 saturated carbocycles. The maximum absolute atomic E-state index is 12.6. The van der Waals surface area contributed by atoms with Crippen LogP contribution in [0.25, 0.3) is 6.08 Å². The molecule has 1 nitrogen and oxygen atoms in total. The average Bonchev–Trinajstić information content (AvgIpc) is 2.76. The van der Waals surface area contributed by atoms with E-state index in [1.807, 2.05) is 24.3 Å². The van der Waals surface area contributed by atoms with E-state index in [1.165, 1.54) is 16.7 Å². The summed E-state index contributed by atoms with van der Waals surface area (Å²) in [4.78, 5) is 12.6. The summed E-state index contributed by atoms with van der Waals surface area (Å²) < 4.78 is 0. The zero-order chi connectivity index (χ0) is 14.9. The highest BCUT2D eigenvalue weighted by molar-refractivity contribution is 5.96. The third kappa shape index (κ3) is 2.69. The molecule has 0 spiro atoms. The number of aryl methyl sites for hydroxylation is 1. The molecule has 0 amide bonds. The lowest BCUT2D eigenvalue weighted by Crippen LogP contribution is -2.26. The van der Waals surface area contributed by atoms with E-state index in [2.05, 4.69) is 50.3 Å². The molecule has 1 aliphatic carbocycles. The van der Waals surface area contributed by atoms with Crippen LogP contribution in [0.15, 0.2) is 60.2 Å². The van der Waals surface area contributed by atoms with Crippen molar-refractivity contribution in [2.24, 2.45) is 0 Å². The van der Waals surface area contributed by atoms with Crippen molar-refractivity contribution >= 4 is 11.9 Å². The van der Waals surface area contributed by atoms with Gasteiger partial charge < -0.3 is 0 Å². The van der Waals surface area contributed by atoms with E-state index in [9.17, 15) is 4.79 Å². The predicted molar refractivity (Wildman–Crippen MR) is 87.2 cm³/mol. The number of hydrogen-bond donors (Lipinski definition) is 0. The van der Waals surface area contributed by atoms with Gasteiger partial charge in [-0.1, -0.05) is 71.8 Å². The van der Waals surface area contributed by atoms with Gasteiger partial charge in [0.15, 0.2) is 0 Å². The van der Waals surface area contributed by atoms with Crippen LogP contribution in [0, 0.1) is 6.92 Å². The Morgan fingerprint density at radius 2 is 1.81 bits per heavy atom. The minimum Gasteiger partial charge on any atom is -0.298 e. The fourth-order valence-electron chi connectivity index (χ4n) is 3.15. The summed E-state index contributed by atoms with van der Waals surface area (Å²) in [6, 6.07) is 18.6. The van der Waals surface area contributed by atoms with Crippen molar-refractivity contribution in [2.75, 3.05) is 0 Å². The Kier molecular flexibility index (Phi) is 3.50. The van der Waals surface area contributed by atoms with Crippen LogP contribution in [0.5, 0.6) is 0 Å².